The summed E-state index contributed by atoms with van der Waals surface area (Å²) < 4.78 is 0. The first kappa shape index (κ1) is 13.7. The highest BCUT2D eigenvalue weighted by atomic mass is 32.1. The van der Waals surface area contributed by atoms with E-state index in [9.17, 15) is 9.90 Å². The monoisotopic (exact) mass is 276 g/mol. The molecule has 0 aliphatic heterocycles. The van der Waals surface area contributed by atoms with Gasteiger partial charge >= 0.3 is 0 Å². The second-order valence-corrected chi connectivity index (χ2v) is 5.05. The second kappa shape index (κ2) is 6.45. The molecule has 1 atom stereocenters. The van der Waals surface area contributed by atoms with Crippen molar-refractivity contribution in [2.75, 3.05) is 5.32 Å². The number of rotatable bonds is 5. The molecule has 2 aromatic rings. The van der Waals surface area contributed by atoms with E-state index < -0.39 is 12.0 Å². The Bertz CT molecular complexity index is 539. The summed E-state index contributed by atoms with van der Waals surface area (Å²) in [6.07, 6.45) is 0.747. The molecule has 1 unspecified atom stereocenters. The van der Waals surface area contributed by atoms with Crippen LogP contribution < -0.4 is 5.32 Å². The molecule has 0 radical (unpaired) electrons. The van der Waals surface area contributed by atoms with Crippen molar-refractivity contribution < 1.29 is 9.90 Å². The fraction of sp³-hybridized carbons (Fsp3) is 0.286. The third kappa shape index (κ3) is 3.62. The number of hydrogen-bond donors (Lipinski definition) is 2. The summed E-state index contributed by atoms with van der Waals surface area (Å²) in [5.41, 5.74) is 1.54. The second-order valence-electron chi connectivity index (χ2n) is 4.20. The molecule has 1 amide bonds. The van der Waals surface area contributed by atoms with Gasteiger partial charge in [-0.15, -0.1) is 11.3 Å². The topological polar surface area (TPSA) is 62.2 Å². The summed E-state index contributed by atoms with van der Waals surface area (Å²) in [6, 6.07) is 8.85. The molecule has 0 bridgehead atoms. The fourth-order valence-corrected chi connectivity index (χ4v) is 2.44. The molecular formula is C14H16N2O2S. The van der Waals surface area contributed by atoms with Crippen LogP contribution in [0.4, 0.5) is 5.13 Å². The molecule has 100 valence electrons. The number of aryl methyl sites for hydroxylation is 1. The number of carbonyl (C=O) groups excluding carboxylic acids is 1. The van der Waals surface area contributed by atoms with Crippen LogP contribution in [0.25, 0.3) is 0 Å². The lowest BCUT2D eigenvalue weighted by molar-refractivity contribution is -0.124. The number of aromatic nitrogens is 1. The largest absolute Gasteiger partial charge is 0.378 e. The van der Waals surface area contributed by atoms with Crippen molar-refractivity contribution >= 4 is 22.4 Å². The summed E-state index contributed by atoms with van der Waals surface area (Å²) in [6.45, 7) is 2.08. The van der Waals surface area contributed by atoms with Gasteiger partial charge in [0.1, 0.15) is 0 Å². The number of aliphatic hydroxyl groups excluding tert-OH is 1. The molecule has 5 heteroatoms. The number of nitrogens with zero attached hydrogens (tertiary/aromatic N) is 1. The molecule has 4 nitrogen and oxygen atoms in total. The first-order valence-corrected chi connectivity index (χ1v) is 7.07. The van der Waals surface area contributed by atoms with Gasteiger partial charge in [0, 0.05) is 5.38 Å². The Kier molecular flexibility index (Phi) is 4.65. The van der Waals surface area contributed by atoms with Crippen LogP contribution in [0.5, 0.6) is 0 Å². The third-order valence-electron chi connectivity index (χ3n) is 2.65. The number of thiazole rings is 1. The van der Waals surface area contributed by atoms with E-state index in [1.807, 2.05) is 11.4 Å². The summed E-state index contributed by atoms with van der Waals surface area (Å²) in [4.78, 5) is 16.2. The normalized spacial score (nSPS) is 12.1. The molecule has 2 N–H and O–H groups in total. The Balaban J connectivity index is 2.00. The Labute approximate surface area is 116 Å². The van der Waals surface area contributed by atoms with Gasteiger partial charge in [-0.1, -0.05) is 43.7 Å². The molecule has 0 aliphatic carbocycles. The highest BCUT2D eigenvalue weighted by molar-refractivity contribution is 7.13. The average Bonchev–Trinajstić information content (AvgIpc) is 2.86. The van der Waals surface area contributed by atoms with Crippen LogP contribution in [0.1, 0.15) is 30.7 Å². The van der Waals surface area contributed by atoms with Crippen molar-refractivity contribution in [1.29, 1.82) is 0 Å². The summed E-state index contributed by atoms with van der Waals surface area (Å²) >= 11 is 1.38. The molecule has 0 aliphatic rings. The summed E-state index contributed by atoms with van der Waals surface area (Å²) in [5, 5.41) is 15.0. The van der Waals surface area contributed by atoms with Crippen molar-refractivity contribution in [2.24, 2.45) is 0 Å². The molecule has 0 fully saturated rings. The van der Waals surface area contributed by atoms with Crippen LogP contribution in [-0.2, 0) is 11.2 Å². The van der Waals surface area contributed by atoms with Crippen LogP contribution in [0, 0.1) is 0 Å². The Morgan fingerprint density at radius 2 is 2.16 bits per heavy atom. The number of aliphatic hydroxyl groups is 1. The lowest BCUT2D eigenvalue weighted by Crippen LogP contribution is -2.20. The predicted molar refractivity (Wildman–Crippen MR) is 76.1 cm³/mol. The Morgan fingerprint density at radius 1 is 1.42 bits per heavy atom. The van der Waals surface area contributed by atoms with Crippen molar-refractivity contribution in [3.05, 3.63) is 47.0 Å². The van der Waals surface area contributed by atoms with Crippen LogP contribution in [-0.4, -0.2) is 16.0 Å². The quantitative estimate of drug-likeness (QED) is 0.882. The Hall–Kier alpha value is -1.72. The first-order valence-electron chi connectivity index (χ1n) is 6.19. The molecule has 1 aromatic heterocycles. The van der Waals surface area contributed by atoms with Gasteiger partial charge in [-0.05, 0) is 12.0 Å². The van der Waals surface area contributed by atoms with Gasteiger partial charge in [0.2, 0.25) is 0 Å². The lowest BCUT2D eigenvalue weighted by Gasteiger charge is -2.09. The van der Waals surface area contributed by atoms with E-state index in [1.54, 1.807) is 24.3 Å². The zero-order valence-corrected chi connectivity index (χ0v) is 11.5. The van der Waals surface area contributed by atoms with E-state index in [-0.39, 0.29) is 0 Å². The van der Waals surface area contributed by atoms with Gasteiger partial charge in [-0.25, -0.2) is 4.98 Å². The molecule has 0 spiro atoms. The highest BCUT2D eigenvalue weighted by Crippen LogP contribution is 2.19. The van der Waals surface area contributed by atoms with E-state index in [4.69, 9.17) is 0 Å². The SMILES string of the molecule is CCCc1csc(NC(=O)C(O)c2ccccc2)n1. The summed E-state index contributed by atoms with van der Waals surface area (Å²) in [7, 11) is 0. The molecule has 1 aromatic carbocycles. The van der Waals surface area contributed by atoms with E-state index in [0.29, 0.717) is 10.7 Å². The smallest absolute Gasteiger partial charge is 0.259 e. The van der Waals surface area contributed by atoms with Gasteiger partial charge in [0.15, 0.2) is 11.2 Å². The van der Waals surface area contributed by atoms with Crippen LogP contribution in [0.2, 0.25) is 0 Å². The minimum Gasteiger partial charge on any atom is -0.378 e. The first-order chi connectivity index (χ1) is 9.20. The van der Waals surface area contributed by atoms with Crippen LogP contribution >= 0.6 is 11.3 Å². The maximum Gasteiger partial charge on any atom is 0.259 e. The van der Waals surface area contributed by atoms with E-state index in [0.717, 1.165) is 18.5 Å². The van der Waals surface area contributed by atoms with Crippen molar-refractivity contribution in [2.45, 2.75) is 25.9 Å². The van der Waals surface area contributed by atoms with Crippen molar-refractivity contribution in [3.8, 4) is 0 Å². The van der Waals surface area contributed by atoms with Gasteiger partial charge < -0.3 is 5.11 Å². The number of hydrogen-bond acceptors (Lipinski definition) is 4. The average molecular weight is 276 g/mol. The number of anilines is 1. The number of benzene rings is 1. The molecule has 0 saturated heterocycles. The minimum atomic E-state index is -1.17. The molecular weight excluding hydrogens is 260 g/mol. The molecule has 1 heterocycles. The molecule has 19 heavy (non-hydrogen) atoms. The summed E-state index contributed by atoms with van der Waals surface area (Å²) in [5.74, 6) is -0.455. The molecule has 0 saturated carbocycles. The van der Waals surface area contributed by atoms with Gasteiger partial charge in [0.05, 0.1) is 5.69 Å². The Morgan fingerprint density at radius 3 is 2.84 bits per heavy atom. The van der Waals surface area contributed by atoms with Gasteiger partial charge in [-0.2, -0.15) is 0 Å². The number of nitrogens with one attached hydrogen (secondary N) is 1. The van der Waals surface area contributed by atoms with Gasteiger partial charge in [0.25, 0.3) is 5.91 Å². The van der Waals surface area contributed by atoms with Crippen LogP contribution in [0.15, 0.2) is 35.7 Å². The van der Waals surface area contributed by atoms with E-state index in [1.165, 1.54) is 11.3 Å². The predicted octanol–water partition coefficient (Wildman–Crippen LogP) is 2.77. The van der Waals surface area contributed by atoms with Gasteiger partial charge in [-0.3, -0.25) is 10.1 Å². The third-order valence-corrected chi connectivity index (χ3v) is 3.46. The standard InChI is InChI=1S/C14H16N2O2S/c1-2-6-11-9-19-14(15-11)16-13(18)12(17)10-7-4-3-5-8-10/h3-5,7-9,12,17H,2,6H2,1H3,(H,15,16,18). The fourth-order valence-electron chi connectivity index (χ4n) is 1.70. The highest BCUT2D eigenvalue weighted by Gasteiger charge is 2.18. The number of amides is 1. The zero-order valence-electron chi connectivity index (χ0n) is 10.7. The van der Waals surface area contributed by atoms with Crippen LogP contribution in [0.3, 0.4) is 0 Å². The van der Waals surface area contributed by atoms with E-state index >= 15 is 0 Å². The van der Waals surface area contributed by atoms with Crippen molar-refractivity contribution in [3.63, 3.8) is 0 Å². The van der Waals surface area contributed by atoms with Crippen molar-refractivity contribution in [1.82, 2.24) is 4.98 Å². The zero-order chi connectivity index (χ0) is 13.7. The minimum absolute atomic E-state index is 0.455. The lowest BCUT2D eigenvalue weighted by atomic mass is 10.1. The molecule has 2 rings (SSSR count). The number of carbonyl (C=O) groups is 1. The maximum absolute atomic E-state index is 11.9. The van der Waals surface area contributed by atoms with E-state index in [2.05, 4.69) is 17.2 Å². The maximum atomic E-state index is 11.9.